The number of carbonyl (C=O) groups excluding carboxylic acids is 3. The first-order chi connectivity index (χ1) is 22.6. The molecular formula is C36H41FN4O6. The van der Waals surface area contributed by atoms with Crippen molar-refractivity contribution in [3.05, 3.63) is 70.7 Å². The van der Waals surface area contributed by atoms with Crippen LogP contribution in [-0.2, 0) is 32.2 Å². The normalized spacial score (nSPS) is 26.1. The van der Waals surface area contributed by atoms with Crippen molar-refractivity contribution in [2.24, 2.45) is 5.92 Å². The number of ether oxygens (including phenoxy) is 3. The maximum atomic E-state index is 15.5. The van der Waals surface area contributed by atoms with E-state index in [4.69, 9.17) is 19.2 Å². The van der Waals surface area contributed by atoms with Gasteiger partial charge in [0.1, 0.15) is 29.2 Å². The van der Waals surface area contributed by atoms with Crippen LogP contribution >= 0.6 is 0 Å². The number of nitrogens with zero attached hydrogens (tertiary/aromatic N) is 3. The molecule has 4 aliphatic rings. The molecular weight excluding hydrogens is 603 g/mol. The van der Waals surface area contributed by atoms with Gasteiger partial charge in [0.15, 0.2) is 0 Å². The summed E-state index contributed by atoms with van der Waals surface area (Å²) < 4.78 is 33.4. The van der Waals surface area contributed by atoms with Gasteiger partial charge in [0, 0.05) is 74.8 Å². The van der Waals surface area contributed by atoms with E-state index in [1.54, 1.807) is 25.3 Å². The smallest absolute Gasteiger partial charge is 0.255 e. The van der Waals surface area contributed by atoms with Crippen LogP contribution in [-0.4, -0.2) is 83.7 Å². The Bertz CT molecular complexity index is 1730. The van der Waals surface area contributed by atoms with Crippen LogP contribution in [0.2, 0.25) is 0 Å². The van der Waals surface area contributed by atoms with Gasteiger partial charge in [-0.15, -0.1) is 0 Å². The quantitative estimate of drug-likeness (QED) is 0.361. The minimum atomic E-state index is -0.663. The van der Waals surface area contributed by atoms with Crippen LogP contribution in [0.25, 0.3) is 10.9 Å². The van der Waals surface area contributed by atoms with Crippen LogP contribution in [0.1, 0.15) is 72.6 Å². The molecule has 3 amide bonds. The lowest BCUT2D eigenvalue weighted by Gasteiger charge is -2.35. The first-order valence-electron chi connectivity index (χ1n) is 16.5. The molecule has 2 aromatic carbocycles. The van der Waals surface area contributed by atoms with Crippen LogP contribution in [0, 0.1) is 11.7 Å². The Labute approximate surface area is 273 Å². The van der Waals surface area contributed by atoms with Crippen LogP contribution in [0.15, 0.2) is 42.5 Å². The standard InChI is InChI=1S/C36H41FN4O6/c1-36(2)15-23(10-11-46-36)29-7-4-22-12-21(13-28(37)33(22)38-29)16-40-17-25(20-45-3)31(19-40)47-26-5-6-27-24(14-26)18-41(35(27)44)30-8-9-32(42)39-34(30)43/h4-7,12-14,23,25,30-31H,8-11,15-20H2,1-3H3,(H,39,42,43)/t23-,25-,30-,31+/m0/s1. The van der Waals surface area contributed by atoms with E-state index in [1.807, 2.05) is 24.3 Å². The van der Waals surface area contributed by atoms with Gasteiger partial charge in [0.05, 0.1) is 12.2 Å². The average molecular weight is 645 g/mol. The number of amides is 3. The number of imide groups is 1. The third-order valence-corrected chi connectivity index (χ3v) is 9.97. The highest BCUT2D eigenvalue weighted by molar-refractivity contribution is 6.05. The Balaban J connectivity index is 1.03. The number of pyridine rings is 1. The molecule has 5 heterocycles. The number of aromatic nitrogens is 1. The van der Waals surface area contributed by atoms with Crippen LogP contribution in [0.3, 0.4) is 0 Å². The second kappa shape index (κ2) is 12.6. The van der Waals surface area contributed by atoms with E-state index in [0.29, 0.717) is 49.6 Å². The van der Waals surface area contributed by atoms with Gasteiger partial charge in [-0.05, 0) is 80.6 Å². The number of hydrogen-bond acceptors (Lipinski definition) is 8. The molecule has 0 saturated carbocycles. The minimum absolute atomic E-state index is 0.0908. The molecule has 4 atom stereocenters. The molecule has 0 aliphatic carbocycles. The van der Waals surface area contributed by atoms with Crippen molar-refractivity contribution in [1.29, 1.82) is 0 Å². The molecule has 11 heteroatoms. The SMILES string of the molecule is COC[C@@H]1CN(Cc2cc(F)c3nc([C@H]4CCOC(C)(C)C4)ccc3c2)C[C@H]1Oc1ccc2c(c1)CN([C@H]1CCC(=O)NC1=O)C2=O. The van der Waals surface area contributed by atoms with Crippen molar-refractivity contribution in [3.63, 3.8) is 0 Å². The molecule has 47 heavy (non-hydrogen) atoms. The van der Waals surface area contributed by atoms with Crippen molar-refractivity contribution < 1.29 is 33.0 Å². The predicted molar refractivity (Wildman–Crippen MR) is 171 cm³/mol. The number of hydrogen-bond donors (Lipinski definition) is 1. The predicted octanol–water partition coefficient (Wildman–Crippen LogP) is 4.33. The molecule has 1 aromatic heterocycles. The Kier molecular flexibility index (Phi) is 8.48. The maximum absolute atomic E-state index is 15.5. The fourth-order valence-electron chi connectivity index (χ4n) is 7.69. The third-order valence-electron chi connectivity index (χ3n) is 9.97. The Morgan fingerprint density at radius 3 is 2.72 bits per heavy atom. The lowest BCUT2D eigenvalue weighted by atomic mass is 9.86. The van der Waals surface area contributed by atoms with Gasteiger partial charge in [-0.3, -0.25) is 24.6 Å². The fraction of sp³-hybridized carbons (Fsp3) is 0.500. The van der Waals surface area contributed by atoms with E-state index >= 15 is 4.39 Å². The van der Waals surface area contributed by atoms with E-state index in [1.165, 1.54) is 4.90 Å². The third kappa shape index (κ3) is 6.48. The van der Waals surface area contributed by atoms with Gasteiger partial charge in [-0.2, -0.15) is 0 Å². The van der Waals surface area contributed by atoms with E-state index in [9.17, 15) is 14.4 Å². The highest BCUT2D eigenvalue weighted by atomic mass is 19.1. The van der Waals surface area contributed by atoms with E-state index in [-0.39, 0.29) is 54.1 Å². The zero-order chi connectivity index (χ0) is 32.9. The largest absolute Gasteiger partial charge is 0.489 e. The monoisotopic (exact) mass is 644 g/mol. The molecule has 7 rings (SSSR count). The number of benzene rings is 2. The Morgan fingerprint density at radius 2 is 1.94 bits per heavy atom. The van der Waals surface area contributed by atoms with Gasteiger partial charge in [0.2, 0.25) is 11.8 Å². The summed E-state index contributed by atoms with van der Waals surface area (Å²) in [5.41, 5.74) is 3.32. The van der Waals surface area contributed by atoms with Crippen LogP contribution < -0.4 is 10.1 Å². The molecule has 4 aliphatic heterocycles. The van der Waals surface area contributed by atoms with Gasteiger partial charge >= 0.3 is 0 Å². The fourth-order valence-corrected chi connectivity index (χ4v) is 7.69. The summed E-state index contributed by atoms with van der Waals surface area (Å²) in [5, 5.41) is 3.13. The van der Waals surface area contributed by atoms with Gasteiger partial charge in [-0.25, -0.2) is 9.37 Å². The molecule has 0 unspecified atom stereocenters. The Hall–Kier alpha value is -3.93. The summed E-state index contributed by atoms with van der Waals surface area (Å²) in [4.78, 5) is 45.7. The highest BCUT2D eigenvalue weighted by Crippen LogP contribution is 2.36. The molecule has 248 valence electrons. The molecule has 3 saturated heterocycles. The van der Waals surface area contributed by atoms with Crippen molar-refractivity contribution in [2.75, 3.05) is 33.4 Å². The number of nitrogens with one attached hydrogen (secondary N) is 1. The van der Waals surface area contributed by atoms with E-state index in [0.717, 1.165) is 41.6 Å². The van der Waals surface area contributed by atoms with Crippen molar-refractivity contribution in [2.45, 2.75) is 76.3 Å². The first kappa shape index (κ1) is 31.7. The minimum Gasteiger partial charge on any atom is -0.489 e. The van der Waals surface area contributed by atoms with Gasteiger partial charge in [0.25, 0.3) is 5.91 Å². The van der Waals surface area contributed by atoms with Gasteiger partial charge in [-0.1, -0.05) is 6.07 Å². The lowest BCUT2D eigenvalue weighted by Crippen LogP contribution is -2.52. The second-order valence-electron chi connectivity index (χ2n) is 14.0. The van der Waals surface area contributed by atoms with Crippen LogP contribution in [0.4, 0.5) is 4.39 Å². The summed E-state index contributed by atoms with van der Waals surface area (Å²) in [6.07, 6.45) is 2.10. The molecule has 3 aromatic rings. The van der Waals surface area contributed by atoms with E-state index < -0.39 is 11.9 Å². The zero-order valence-electron chi connectivity index (χ0n) is 27.1. The molecule has 0 radical (unpaired) electrons. The number of piperidine rings is 1. The molecule has 3 fully saturated rings. The second-order valence-corrected chi connectivity index (χ2v) is 14.0. The average Bonchev–Trinajstić information content (AvgIpc) is 3.55. The Morgan fingerprint density at radius 1 is 1.09 bits per heavy atom. The number of likely N-dealkylation sites (tertiary alicyclic amines) is 1. The topological polar surface area (TPSA) is 110 Å². The maximum Gasteiger partial charge on any atom is 0.255 e. The number of halogens is 1. The summed E-state index contributed by atoms with van der Waals surface area (Å²) in [5.74, 6) is -0.295. The van der Waals surface area contributed by atoms with Gasteiger partial charge < -0.3 is 19.1 Å². The van der Waals surface area contributed by atoms with E-state index in [2.05, 4.69) is 24.1 Å². The lowest BCUT2D eigenvalue weighted by molar-refractivity contribution is -0.136. The van der Waals surface area contributed by atoms with Crippen LogP contribution in [0.5, 0.6) is 5.75 Å². The number of rotatable bonds is 8. The molecule has 1 N–H and O–H groups in total. The summed E-state index contributed by atoms with van der Waals surface area (Å²) >= 11 is 0. The highest BCUT2D eigenvalue weighted by Gasteiger charge is 2.40. The summed E-state index contributed by atoms with van der Waals surface area (Å²) in [7, 11) is 1.67. The number of carbonyl (C=O) groups is 3. The number of methoxy groups -OCH3 is 1. The molecule has 0 spiro atoms. The van der Waals surface area contributed by atoms with Crippen molar-refractivity contribution in [3.8, 4) is 5.75 Å². The summed E-state index contributed by atoms with van der Waals surface area (Å²) in [6.45, 7) is 7.56. The summed E-state index contributed by atoms with van der Waals surface area (Å²) in [6, 6.07) is 12.4. The van der Waals surface area contributed by atoms with Crippen molar-refractivity contribution in [1.82, 2.24) is 20.1 Å². The zero-order valence-corrected chi connectivity index (χ0v) is 27.1. The van der Waals surface area contributed by atoms with Crippen molar-refractivity contribution >= 4 is 28.6 Å². The molecule has 0 bridgehead atoms. The first-order valence-corrected chi connectivity index (χ1v) is 16.5. The number of fused-ring (bicyclic) bond motifs is 2. The molecule has 10 nitrogen and oxygen atoms in total.